The van der Waals surface area contributed by atoms with Crippen LogP contribution >= 0.6 is 0 Å². The third-order valence-electron chi connectivity index (χ3n) is 5.58. The Balaban J connectivity index is 1.62. The van der Waals surface area contributed by atoms with Crippen LogP contribution in [0.3, 0.4) is 0 Å². The van der Waals surface area contributed by atoms with Gasteiger partial charge in [-0.2, -0.15) is 0 Å². The monoisotopic (exact) mass is 496 g/mol. The van der Waals surface area contributed by atoms with Gasteiger partial charge in [0.25, 0.3) is 11.6 Å². The van der Waals surface area contributed by atoms with Gasteiger partial charge in [-0.05, 0) is 41.5 Å². The largest absolute Gasteiger partial charge is 0.465 e. The van der Waals surface area contributed by atoms with Crippen molar-refractivity contribution < 1.29 is 24.0 Å². The van der Waals surface area contributed by atoms with Crippen LogP contribution in [0.1, 0.15) is 31.8 Å². The number of carbonyl (C=O) groups excluding carboxylic acids is 2. The smallest absolute Gasteiger partial charge is 0.338 e. The van der Waals surface area contributed by atoms with Crippen LogP contribution in [-0.4, -0.2) is 28.8 Å². The lowest BCUT2D eigenvalue weighted by Gasteiger charge is -2.23. The van der Waals surface area contributed by atoms with Gasteiger partial charge in [0, 0.05) is 30.8 Å². The Morgan fingerprint density at radius 2 is 1.30 bits per heavy atom. The fourth-order valence-electron chi connectivity index (χ4n) is 3.77. The van der Waals surface area contributed by atoms with E-state index < -0.39 is 16.8 Å². The highest BCUT2D eigenvalue weighted by atomic mass is 16.6. The van der Waals surface area contributed by atoms with Crippen molar-refractivity contribution >= 4 is 17.6 Å². The summed E-state index contributed by atoms with van der Waals surface area (Å²) in [7, 11) is 1.18. The molecule has 0 aromatic heterocycles. The standard InChI is InChI=1S/C29H24N2O6/c1-36-29(33)24-16-23(17-25(18-24)31(34)35)28(32)30(19-21-8-4-2-5-9-21)20-22-12-14-27(15-13-22)37-26-10-6-3-7-11-26/h2-18H,19-20H2,1H3. The van der Waals surface area contributed by atoms with E-state index in [-0.39, 0.29) is 29.9 Å². The second-order valence-electron chi connectivity index (χ2n) is 8.22. The van der Waals surface area contributed by atoms with Gasteiger partial charge in [0.05, 0.1) is 17.6 Å². The molecule has 0 spiro atoms. The van der Waals surface area contributed by atoms with Crippen molar-refractivity contribution in [2.24, 2.45) is 0 Å². The first-order chi connectivity index (χ1) is 17.9. The number of amides is 1. The molecule has 37 heavy (non-hydrogen) atoms. The predicted molar refractivity (Wildman–Crippen MR) is 137 cm³/mol. The Kier molecular flexibility index (Phi) is 7.90. The van der Waals surface area contributed by atoms with E-state index in [0.29, 0.717) is 11.5 Å². The minimum absolute atomic E-state index is 0.0227. The molecule has 0 aliphatic rings. The Labute approximate surface area is 213 Å². The van der Waals surface area contributed by atoms with Crippen molar-refractivity contribution in [1.82, 2.24) is 4.90 Å². The highest BCUT2D eigenvalue weighted by Gasteiger charge is 2.23. The molecule has 0 N–H and O–H groups in total. The van der Waals surface area contributed by atoms with Gasteiger partial charge in [0.1, 0.15) is 11.5 Å². The number of hydrogen-bond donors (Lipinski definition) is 0. The molecule has 0 aliphatic heterocycles. The molecule has 1 amide bonds. The minimum atomic E-state index is -0.763. The molecule has 0 saturated carbocycles. The van der Waals surface area contributed by atoms with Crippen molar-refractivity contribution in [2.45, 2.75) is 13.1 Å². The molecular weight excluding hydrogens is 472 g/mol. The second-order valence-corrected chi connectivity index (χ2v) is 8.22. The number of nitro groups is 1. The summed E-state index contributed by atoms with van der Waals surface area (Å²) in [5, 5.41) is 11.5. The molecule has 0 unspecified atom stereocenters. The van der Waals surface area contributed by atoms with Crippen molar-refractivity contribution in [1.29, 1.82) is 0 Å². The molecule has 4 aromatic carbocycles. The highest BCUT2D eigenvalue weighted by molar-refractivity contribution is 5.99. The van der Waals surface area contributed by atoms with Crippen molar-refractivity contribution in [3.05, 3.63) is 135 Å². The molecule has 4 aromatic rings. The van der Waals surface area contributed by atoms with Gasteiger partial charge in [0.2, 0.25) is 0 Å². The molecular formula is C29H24N2O6. The van der Waals surface area contributed by atoms with Gasteiger partial charge in [-0.25, -0.2) is 4.79 Å². The fraction of sp³-hybridized carbons (Fsp3) is 0.103. The molecule has 4 rings (SSSR count). The van der Waals surface area contributed by atoms with Crippen LogP contribution in [0.25, 0.3) is 0 Å². The lowest BCUT2D eigenvalue weighted by Crippen LogP contribution is -2.30. The zero-order valence-electron chi connectivity index (χ0n) is 20.1. The summed E-state index contributed by atoms with van der Waals surface area (Å²) < 4.78 is 10.6. The summed E-state index contributed by atoms with van der Waals surface area (Å²) in [5.41, 5.74) is 1.31. The van der Waals surface area contributed by atoms with E-state index in [2.05, 4.69) is 0 Å². The minimum Gasteiger partial charge on any atom is -0.465 e. The molecule has 0 heterocycles. The zero-order valence-corrected chi connectivity index (χ0v) is 20.1. The first-order valence-corrected chi connectivity index (χ1v) is 11.5. The van der Waals surface area contributed by atoms with E-state index in [0.717, 1.165) is 17.2 Å². The van der Waals surface area contributed by atoms with E-state index >= 15 is 0 Å². The number of nitrogens with zero attached hydrogens (tertiary/aromatic N) is 2. The second kappa shape index (κ2) is 11.6. The number of rotatable bonds is 9. The first-order valence-electron chi connectivity index (χ1n) is 11.5. The number of non-ortho nitro benzene ring substituents is 1. The summed E-state index contributed by atoms with van der Waals surface area (Å²) in [4.78, 5) is 38.1. The topological polar surface area (TPSA) is 99.0 Å². The fourth-order valence-corrected chi connectivity index (χ4v) is 3.77. The van der Waals surface area contributed by atoms with Gasteiger partial charge in [-0.3, -0.25) is 14.9 Å². The molecule has 0 aliphatic carbocycles. The summed E-state index contributed by atoms with van der Waals surface area (Å²) in [5.74, 6) is 0.143. The maximum Gasteiger partial charge on any atom is 0.338 e. The molecule has 0 fully saturated rings. The van der Waals surface area contributed by atoms with E-state index in [9.17, 15) is 19.7 Å². The van der Waals surface area contributed by atoms with E-state index in [1.54, 1.807) is 4.90 Å². The Morgan fingerprint density at radius 1 is 0.757 bits per heavy atom. The third kappa shape index (κ3) is 6.58. The van der Waals surface area contributed by atoms with Gasteiger partial charge in [0.15, 0.2) is 0 Å². The van der Waals surface area contributed by atoms with Crippen LogP contribution in [0.15, 0.2) is 103 Å². The van der Waals surface area contributed by atoms with Crippen molar-refractivity contribution in [2.75, 3.05) is 7.11 Å². The predicted octanol–water partition coefficient (Wildman–Crippen LogP) is 6.02. The number of nitro benzene ring substituents is 1. The molecule has 8 heteroatoms. The third-order valence-corrected chi connectivity index (χ3v) is 5.58. The average Bonchev–Trinajstić information content (AvgIpc) is 2.93. The first kappa shape index (κ1) is 25.1. The van der Waals surface area contributed by atoms with Crippen LogP contribution in [0.5, 0.6) is 11.5 Å². The zero-order chi connectivity index (χ0) is 26.2. The number of benzene rings is 4. The lowest BCUT2D eigenvalue weighted by atomic mass is 10.1. The summed E-state index contributed by atoms with van der Waals surface area (Å²) in [6.45, 7) is 0.494. The van der Waals surface area contributed by atoms with Gasteiger partial charge in [-0.15, -0.1) is 0 Å². The van der Waals surface area contributed by atoms with E-state index in [1.807, 2.05) is 84.9 Å². The Bertz CT molecular complexity index is 1390. The number of esters is 1. The molecule has 0 atom stereocenters. The molecule has 0 radical (unpaired) electrons. The molecule has 0 bridgehead atoms. The molecule has 8 nitrogen and oxygen atoms in total. The van der Waals surface area contributed by atoms with Crippen LogP contribution in [0.4, 0.5) is 5.69 Å². The maximum atomic E-state index is 13.6. The Morgan fingerprint density at radius 3 is 1.89 bits per heavy atom. The van der Waals surface area contributed by atoms with Gasteiger partial charge >= 0.3 is 5.97 Å². The van der Waals surface area contributed by atoms with Crippen molar-refractivity contribution in [3.8, 4) is 11.5 Å². The van der Waals surface area contributed by atoms with Crippen LogP contribution < -0.4 is 4.74 Å². The number of para-hydroxylation sites is 1. The summed E-state index contributed by atoms with van der Waals surface area (Å²) in [6, 6.07) is 29.7. The van der Waals surface area contributed by atoms with Crippen molar-refractivity contribution in [3.63, 3.8) is 0 Å². The normalized spacial score (nSPS) is 10.4. The SMILES string of the molecule is COC(=O)c1cc(C(=O)N(Cc2ccccc2)Cc2ccc(Oc3ccccc3)cc2)cc([N+](=O)[O-])c1. The average molecular weight is 497 g/mol. The van der Waals surface area contributed by atoms with Gasteiger partial charge in [-0.1, -0.05) is 60.7 Å². The number of methoxy groups -OCH3 is 1. The quantitative estimate of drug-likeness (QED) is 0.160. The van der Waals surface area contributed by atoms with Crippen LogP contribution in [-0.2, 0) is 17.8 Å². The molecule has 186 valence electrons. The van der Waals surface area contributed by atoms with Gasteiger partial charge < -0.3 is 14.4 Å². The lowest BCUT2D eigenvalue weighted by molar-refractivity contribution is -0.384. The molecule has 0 saturated heterocycles. The van der Waals surface area contributed by atoms with Crippen LogP contribution in [0.2, 0.25) is 0 Å². The summed E-state index contributed by atoms with van der Waals surface area (Å²) >= 11 is 0. The number of hydrogen-bond acceptors (Lipinski definition) is 6. The van der Waals surface area contributed by atoms with E-state index in [4.69, 9.17) is 9.47 Å². The van der Waals surface area contributed by atoms with Crippen LogP contribution in [0, 0.1) is 10.1 Å². The Hall–Kier alpha value is -4.98. The van der Waals surface area contributed by atoms with E-state index in [1.165, 1.54) is 19.2 Å². The summed E-state index contributed by atoms with van der Waals surface area (Å²) in [6.07, 6.45) is 0. The maximum absolute atomic E-state index is 13.6. The number of ether oxygens (including phenoxy) is 2. The highest BCUT2D eigenvalue weighted by Crippen LogP contribution is 2.24. The number of carbonyl (C=O) groups is 2.